The van der Waals surface area contributed by atoms with Crippen molar-refractivity contribution in [3.63, 3.8) is 0 Å². The Morgan fingerprint density at radius 3 is 2.64 bits per heavy atom. The van der Waals surface area contributed by atoms with Crippen LogP contribution in [0.4, 0.5) is 4.39 Å². The highest BCUT2D eigenvalue weighted by Gasteiger charge is 2.37. The van der Waals surface area contributed by atoms with Crippen LogP contribution in [0.15, 0.2) is 11.4 Å². The van der Waals surface area contributed by atoms with E-state index in [1.165, 1.54) is 0 Å². The molecule has 2 rings (SSSR count). The molecule has 78 valence electrons. The maximum absolute atomic E-state index is 14.5. The maximum atomic E-state index is 14.5. The highest BCUT2D eigenvalue weighted by atomic mass is 32.1. The molecule has 0 unspecified atom stereocenters. The lowest BCUT2D eigenvalue weighted by Crippen LogP contribution is -2.33. The molecule has 0 spiro atoms. The van der Waals surface area contributed by atoms with E-state index in [4.69, 9.17) is 5.73 Å². The van der Waals surface area contributed by atoms with Gasteiger partial charge >= 0.3 is 0 Å². The summed E-state index contributed by atoms with van der Waals surface area (Å²) in [5.41, 5.74) is 5.79. The molecule has 0 atom stereocenters. The van der Waals surface area contributed by atoms with E-state index in [1.54, 1.807) is 11.3 Å². The number of hydrogen-bond acceptors (Lipinski definition) is 2. The lowest BCUT2D eigenvalue weighted by molar-refractivity contribution is 0.101. The summed E-state index contributed by atoms with van der Waals surface area (Å²) in [5, 5.41) is 1.97. The van der Waals surface area contributed by atoms with Gasteiger partial charge in [-0.1, -0.05) is 0 Å². The molecule has 1 fully saturated rings. The molecule has 0 radical (unpaired) electrons. The van der Waals surface area contributed by atoms with Gasteiger partial charge in [-0.15, -0.1) is 11.3 Å². The van der Waals surface area contributed by atoms with E-state index in [0.29, 0.717) is 12.8 Å². The van der Waals surface area contributed by atoms with Crippen molar-refractivity contribution in [3.8, 4) is 0 Å². The van der Waals surface area contributed by atoms with Crippen molar-refractivity contribution in [1.82, 2.24) is 0 Å². The second-order valence-electron chi connectivity index (χ2n) is 4.24. The molecule has 0 amide bonds. The van der Waals surface area contributed by atoms with Crippen molar-refractivity contribution in [3.05, 3.63) is 21.9 Å². The molecule has 1 saturated carbocycles. The van der Waals surface area contributed by atoms with Gasteiger partial charge in [-0.2, -0.15) is 0 Å². The van der Waals surface area contributed by atoms with E-state index in [2.05, 4.69) is 0 Å². The Hall–Kier alpha value is -0.410. The second kappa shape index (κ2) is 3.63. The zero-order valence-electron chi connectivity index (χ0n) is 8.42. The minimum Gasteiger partial charge on any atom is -0.328 e. The van der Waals surface area contributed by atoms with E-state index in [9.17, 15) is 4.39 Å². The van der Waals surface area contributed by atoms with E-state index < -0.39 is 5.67 Å². The Morgan fingerprint density at radius 2 is 2.14 bits per heavy atom. The van der Waals surface area contributed by atoms with Gasteiger partial charge in [0, 0.05) is 10.9 Å². The fourth-order valence-corrected chi connectivity index (χ4v) is 3.23. The fourth-order valence-electron chi connectivity index (χ4n) is 2.16. The van der Waals surface area contributed by atoms with Crippen molar-refractivity contribution in [2.45, 2.75) is 44.3 Å². The maximum Gasteiger partial charge on any atom is 0.145 e. The van der Waals surface area contributed by atoms with E-state index in [-0.39, 0.29) is 6.04 Å². The zero-order chi connectivity index (χ0) is 10.2. The minimum atomic E-state index is -1.09. The average molecular weight is 213 g/mol. The first-order valence-electron chi connectivity index (χ1n) is 5.11. The van der Waals surface area contributed by atoms with E-state index in [1.807, 2.05) is 18.4 Å². The SMILES string of the molecule is Cc1ccsc1C1(F)CCC(N)CC1. The van der Waals surface area contributed by atoms with Crippen molar-refractivity contribution in [2.75, 3.05) is 0 Å². The molecule has 1 aromatic heterocycles. The number of aryl methyl sites for hydroxylation is 1. The van der Waals surface area contributed by atoms with Crippen LogP contribution in [0.25, 0.3) is 0 Å². The standard InChI is InChI=1S/C11H16FNS/c1-8-4-7-14-10(8)11(12)5-2-9(13)3-6-11/h4,7,9H,2-3,5-6,13H2,1H3. The van der Waals surface area contributed by atoms with Crippen molar-refractivity contribution in [1.29, 1.82) is 0 Å². The Labute approximate surface area is 88.1 Å². The molecule has 1 aliphatic rings. The van der Waals surface area contributed by atoms with Crippen molar-refractivity contribution >= 4 is 11.3 Å². The quantitative estimate of drug-likeness (QED) is 0.762. The van der Waals surface area contributed by atoms with Crippen LogP contribution >= 0.6 is 11.3 Å². The molecule has 14 heavy (non-hydrogen) atoms. The smallest absolute Gasteiger partial charge is 0.145 e. The number of rotatable bonds is 1. The van der Waals surface area contributed by atoms with Crippen molar-refractivity contribution in [2.24, 2.45) is 5.73 Å². The first-order chi connectivity index (χ1) is 6.62. The van der Waals surface area contributed by atoms with Crippen molar-refractivity contribution < 1.29 is 4.39 Å². The summed E-state index contributed by atoms with van der Waals surface area (Å²) in [7, 11) is 0. The monoisotopic (exact) mass is 213 g/mol. The predicted molar refractivity (Wildman–Crippen MR) is 58.3 cm³/mol. The first-order valence-corrected chi connectivity index (χ1v) is 5.99. The molecule has 0 aliphatic heterocycles. The largest absolute Gasteiger partial charge is 0.328 e. The second-order valence-corrected chi connectivity index (χ2v) is 5.15. The molecular formula is C11H16FNS. The Kier molecular flexibility index (Phi) is 2.62. The first kappa shape index (κ1) is 10.1. The summed E-state index contributed by atoms with van der Waals surface area (Å²) in [6.07, 6.45) is 2.81. The average Bonchev–Trinajstić information content (AvgIpc) is 2.58. The molecule has 3 heteroatoms. The molecule has 1 nitrogen and oxygen atoms in total. The molecule has 1 aliphatic carbocycles. The van der Waals surface area contributed by atoms with Gasteiger partial charge in [-0.3, -0.25) is 0 Å². The summed E-state index contributed by atoms with van der Waals surface area (Å²) in [6.45, 7) is 1.99. The Bertz CT molecular complexity index is 313. The van der Waals surface area contributed by atoms with Gasteiger partial charge in [0.15, 0.2) is 0 Å². The molecule has 1 heterocycles. The summed E-state index contributed by atoms with van der Waals surface area (Å²) in [5.74, 6) is 0. The van der Waals surface area contributed by atoms with Crippen LogP contribution in [0.5, 0.6) is 0 Å². The number of hydrogen-bond donors (Lipinski definition) is 1. The van der Waals surface area contributed by atoms with Gasteiger partial charge in [0.25, 0.3) is 0 Å². The normalized spacial score (nSPS) is 33.2. The lowest BCUT2D eigenvalue weighted by atomic mass is 9.82. The third-order valence-corrected chi connectivity index (χ3v) is 4.29. The molecular weight excluding hydrogens is 197 g/mol. The summed E-state index contributed by atoms with van der Waals surface area (Å²) < 4.78 is 14.5. The molecule has 0 bridgehead atoms. The van der Waals surface area contributed by atoms with Crippen LogP contribution < -0.4 is 5.73 Å². The van der Waals surface area contributed by atoms with Gasteiger partial charge in [-0.25, -0.2) is 4.39 Å². The van der Waals surface area contributed by atoms with E-state index in [0.717, 1.165) is 23.3 Å². The Balaban J connectivity index is 2.21. The summed E-state index contributed by atoms with van der Waals surface area (Å²) in [6, 6.07) is 2.20. The molecule has 0 saturated heterocycles. The van der Waals surface area contributed by atoms with E-state index >= 15 is 0 Å². The third-order valence-electron chi connectivity index (χ3n) is 3.09. The minimum absolute atomic E-state index is 0.208. The van der Waals surface area contributed by atoms with Crippen LogP contribution in [-0.2, 0) is 5.67 Å². The van der Waals surface area contributed by atoms with Gasteiger partial charge in [0.2, 0.25) is 0 Å². The number of alkyl halides is 1. The number of nitrogens with two attached hydrogens (primary N) is 1. The van der Waals surface area contributed by atoms with Gasteiger partial charge in [0.05, 0.1) is 0 Å². The van der Waals surface area contributed by atoms with Crippen LogP contribution in [-0.4, -0.2) is 6.04 Å². The van der Waals surface area contributed by atoms with Crippen LogP contribution in [0.3, 0.4) is 0 Å². The molecule has 0 aromatic carbocycles. The van der Waals surface area contributed by atoms with Gasteiger partial charge in [-0.05, 0) is 49.6 Å². The Morgan fingerprint density at radius 1 is 1.50 bits per heavy atom. The molecule has 1 aromatic rings. The number of halogens is 1. The van der Waals surface area contributed by atoms with Crippen LogP contribution in [0, 0.1) is 6.92 Å². The van der Waals surface area contributed by atoms with Crippen LogP contribution in [0.1, 0.15) is 36.1 Å². The topological polar surface area (TPSA) is 26.0 Å². The zero-order valence-corrected chi connectivity index (χ0v) is 9.24. The highest BCUT2D eigenvalue weighted by molar-refractivity contribution is 7.10. The summed E-state index contributed by atoms with van der Waals surface area (Å²) in [4.78, 5) is 0.921. The number of thiophene rings is 1. The molecule has 2 N–H and O–H groups in total. The predicted octanol–water partition coefficient (Wildman–Crippen LogP) is 3.12. The highest BCUT2D eigenvalue weighted by Crippen LogP contribution is 2.43. The van der Waals surface area contributed by atoms with Gasteiger partial charge in [0.1, 0.15) is 5.67 Å². The van der Waals surface area contributed by atoms with Gasteiger partial charge < -0.3 is 5.73 Å². The summed E-state index contributed by atoms with van der Waals surface area (Å²) >= 11 is 1.54. The third kappa shape index (κ3) is 1.71. The lowest BCUT2D eigenvalue weighted by Gasteiger charge is -2.32. The fraction of sp³-hybridized carbons (Fsp3) is 0.636. The van der Waals surface area contributed by atoms with Crippen LogP contribution in [0.2, 0.25) is 0 Å².